The van der Waals surface area contributed by atoms with Crippen LogP contribution in [0, 0.1) is 0 Å². The Bertz CT molecular complexity index is 491. The number of hydrogen-bond acceptors (Lipinski definition) is 5. The van der Waals surface area contributed by atoms with Crippen molar-refractivity contribution in [3.63, 3.8) is 0 Å². The van der Waals surface area contributed by atoms with Gasteiger partial charge in [-0.05, 0) is 12.5 Å². The van der Waals surface area contributed by atoms with E-state index < -0.39 is 18.4 Å². The molecule has 0 radical (unpaired) electrons. The number of likely N-dealkylation sites (N-methyl/N-ethyl adjacent to an activating group) is 1. The summed E-state index contributed by atoms with van der Waals surface area (Å²) in [5.74, 6) is -0.263. The first-order valence-corrected chi connectivity index (χ1v) is 7.25. The lowest BCUT2D eigenvalue weighted by atomic mass is 10.2. The third-order valence-electron chi connectivity index (χ3n) is 3.24. The van der Waals surface area contributed by atoms with E-state index in [9.17, 15) is 9.59 Å². The van der Waals surface area contributed by atoms with Crippen LogP contribution in [0.25, 0.3) is 0 Å². The number of carbonyl (C=O) groups excluding carboxylic acids is 2. The van der Waals surface area contributed by atoms with Crippen molar-refractivity contribution >= 4 is 12.0 Å². The van der Waals surface area contributed by atoms with Gasteiger partial charge in [0, 0.05) is 21.3 Å². The zero-order chi connectivity index (χ0) is 17.2. The standard InChI is InChI=1S/C16H24N2O5/c1-12(15(19)18(2)10-14(21-3)22-4)17-16(20)23-11-13-8-6-5-7-9-13/h5-9,12,14H,10-11H2,1-4H3,(H,17,20)/t12-/m1/s1. The first-order valence-electron chi connectivity index (χ1n) is 7.25. The molecule has 0 aliphatic carbocycles. The van der Waals surface area contributed by atoms with Crippen molar-refractivity contribution in [3.05, 3.63) is 35.9 Å². The first-order chi connectivity index (χ1) is 11.0. The summed E-state index contributed by atoms with van der Waals surface area (Å²) in [7, 11) is 4.60. The fraction of sp³-hybridized carbons (Fsp3) is 0.500. The first kappa shape index (κ1) is 18.9. The predicted octanol–water partition coefficient (Wildman–Crippen LogP) is 1.38. The molecule has 1 atom stereocenters. The van der Waals surface area contributed by atoms with E-state index in [1.165, 1.54) is 19.1 Å². The summed E-state index contributed by atoms with van der Waals surface area (Å²) in [6.45, 7) is 2.01. The van der Waals surface area contributed by atoms with Crippen molar-refractivity contribution in [1.82, 2.24) is 10.2 Å². The minimum atomic E-state index is -0.711. The van der Waals surface area contributed by atoms with Crippen molar-refractivity contribution in [3.8, 4) is 0 Å². The summed E-state index contributed by atoms with van der Waals surface area (Å²) in [5, 5.41) is 2.51. The summed E-state index contributed by atoms with van der Waals surface area (Å²) in [4.78, 5) is 25.3. The predicted molar refractivity (Wildman–Crippen MR) is 84.7 cm³/mol. The number of ether oxygens (including phenoxy) is 3. The molecule has 0 aliphatic heterocycles. The maximum atomic E-state index is 12.2. The van der Waals surface area contributed by atoms with Gasteiger partial charge in [-0.2, -0.15) is 0 Å². The molecule has 1 rings (SSSR count). The molecule has 7 heteroatoms. The molecule has 0 saturated heterocycles. The molecule has 1 aromatic carbocycles. The highest BCUT2D eigenvalue weighted by Crippen LogP contribution is 2.02. The zero-order valence-electron chi connectivity index (χ0n) is 13.9. The molecule has 0 heterocycles. The van der Waals surface area contributed by atoms with Crippen LogP contribution in [0.5, 0.6) is 0 Å². The zero-order valence-corrected chi connectivity index (χ0v) is 13.9. The van der Waals surface area contributed by atoms with Gasteiger partial charge in [-0.1, -0.05) is 30.3 Å². The van der Waals surface area contributed by atoms with Gasteiger partial charge in [0.1, 0.15) is 12.6 Å². The number of rotatable bonds is 8. The molecule has 0 saturated carbocycles. The molecule has 0 unspecified atom stereocenters. The van der Waals surface area contributed by atoms with Crippen molar-refractivity contribution in [1.29, 1.82) is 0 Å². The third-order valence-corrected chi connectivity index (χ3v) is 3.24. The highest BCUT2D eigenvalue weighted by atomic mass is 16.7. The molecule has 7 nitrogen and oxygen atoms in total. The molecule has 1 N–H and O–H groups in total. The summed E-state index contributed by atoms with van der Waals surface area (Å²) in [6.07, 6.45) is -1.15. The van der Waals surface area contributed by atoms with E-state index in [1.54, 1.807) is 14.0 Å². The minimum absolute atomic E-state index is 0.152. The average molecular weight is 324 g/mol. The van der Waals surface area contributed by atoms with Crippen molar-refractivity contribution in [2.75, 3.05) is 27.8 Å². The highest BCUT2D eigenvalue weighted by molar-refractivity contribution is 5.85. The van der Waals surface area contributed by atoms with Crippen LogP contribution in [0.1, 0.15) is 12.5 Å². The third kappa shape index (κ3) is 6.66. The second-order valence-electron chi connectivity index (χ2n) is 5.05. The van der Waals surface area contributed by atoms with Gasteiger partial charge in [0.25, 0.3) is 0 Å². The van der Waals surface area contributed by atoms with Crippen LogP contribution in [0.4, 0.5) is 4.79 Å². The van der Waals surface area contributed by atoms with Crippen LogP contribution in [0.15, 0.2) is 30.3 Å². The molecule has 0 fully saturated rings. The quantitative estimate of drug-likeness (QED) is 0.731. The van der Waals surface area contributed by atoms with Crippen LogP contribution in [-0.4, -0.2) is 57.0 Å². The van der Waals surface area contributed by atoms with E-state index in [1.807, 2.05) is 30.3 Å². The van der Waals surface area contributed by atoms with Gasteiger partial charge in [-0.25, -0.2) is 4.79 Å². The lowest BCUT2D eigenvalue weighted by Gasteiger charge is -2.25. The van der Waals surface area contributed by atoms with Gasteiger partial charge in [0.2, 0.25) is 5.91 Å². The topological polar surface area (TPSA) is 77.1 Å². The number of nitrogens with zero attached hydrogens (tertiary/aromatic N) is 1. The summed E-state index contributed by atoms with van der Waals surface area (Å²) >= 11 is 0. The number of nitrogens with one attached hydrogen (secondary N) is 1. The van der Waals surface area contributed by atoms with Gasteiger partial charge in [-0.3, -0.25) is 4.79 Å². The number of methoxy groups -OCH3 is 2. The Kier molecular flexibility index (Phi) is 8.07. The second kappa shape index (κ2) is 9.81. The molecule has 1 aromatic rings. The average Bonchev–Trinajstić information content (AvgIpc) is 2.57. The normalized spacial score (nSPS) is 11.9. The molecule has 2 amide bonds. The lowest BCUT2D eigenvalue weighted by molar-refractivity contribution is -0.144. The van der Waals surface area contributed by atoms with Gasteiger partial charge in [0.05, 0.1) is 6.54 Å². The summed E-state index contributed by atoms with van der Waals surface area (Å²) in [6, 6.07) is 8.60. The maximum absolute atomic E-state index is 12.2. The van der Waals surface area contributed by atoms with E-state index in [4.69, 9.17) is 14.2 Å². The van der Waals surface area contributed by atoms with Crippen LogP contribution in [0.3, 0.4) is 0 Å². The Labute approximate surface area is 136 Å². The Hall–Kier alpha value is -2.12. The Morgan fingerprint density at radius 2 is 1.78 bits per heavy atom. The highest BCUT2D eigenvalue weighted by Gasteiger charge is 2.22. The Morgan fingerprint density at radius 1 is 1.17 bits per heavy atom. The van der Waals surface area contributed by atoms with Crippen LogP contribution < -0.4 is 5.32 Å². The SMILES string of the molecule is COC(CN(C)C(=O)[C@@H](C)NC(=O)OCc1ccccc1)OC. The summed E-state index contributed by atoms with van der Waals surface area (Å²) < 4.78 is 15.2. The molecule has 0 bridgehead atoms. The van der Waals surface area contributed by atoms with Gasteiger partial charge < -0.3 is 24.4 Å². The summed E-state index contributed by atoms with van der Waals surface area (Å²) in [5.41, 5.74) is 0.877. The molecule has 0 aromatic heterocycles. The van der Waals surface area contributed by atoms with Gasteiger partial charge in [0.15, 0.2) is 6.29 Å². The molecular weight excluding hydrogens is 300 g/mol. The van der Waals surface area contributed by atoms with Crippen LogP contribution >= 0.6 is 0 Å². The molecule has 23 heavy (non-hydrogen) atoms. The van der Waals surface area contributed by atoms with Crippen LogP contribution in [-0.2, 0) is 25.6 Å². The number of carbonyl (C=O) groups is 2. The lowest BCUT2D eigenvalue weighted by Crippen LogP contribution is -2.47. The van der Waals surface area contributed by atoms with Crippen molar-refractivity contribution in [2.45, 2.75) is 25.9 Å². The van der Waals surface area contributed by atoms with Gasteiger partial charge in [-0.15, -0.1) is 0 Å². The monoisotopic (exact) mass is 324 g/mol. The van der Waals surface area contributed by atoms with Crippen LogP contribution in [0.2, 0.25) is 0 Å². The smallest absolute Gasteiger partial charge is 0.408 e. The minimum Gasteiger partial charge on any atom is -0.445 e. The van der Waals surface area contributed by atoms with Crippen molar-refractivity contribution in [2.24, 2.45) is 0 Å². The number of hydrogen-bond donors (Lipinski definition) is 1. The van der Waals surface area contributed by atoms with Gasteiger partial charge >= 0.3 is 6.09 Å². The largest absolute Gasteiger partial charge is 0.445 e. The Balaban J connectivity index is 2.40. The van der Waals surface area contributed by atoms with E-state index in [0.717, 1.165) is 5.56 Å². The van der Waals surface area contributed by atoms with E-state index in [0.29, 0.717) is 0 Å². The molecule has 0 spiro atoms. The van der Waals surface area contributed by atoms with E-state index in [2.05, 4.69) is 5.32 Å². The van der Waals surface area contributed by atoms with Crippen molar-refractivity contribution < 1.29 is 23.8 Å². The number of amides is 2. The molecule has 0 aliphatic rings. The molecule has 128 valence electrons. The Morgan fingerprint density at radius 3 is 2.35 bits per heavy atom. The maximum Gasteiger partial charge on any atom is 0.408 e. The number of benzene rings is 1. The fourth-order valence-electron chi connectivity index (χ4n) is 1.89. The number of alkyl carbamates (subject to hydrolysis) is 1. The van der Waals surface area contributed by atoms with E-state index >= 15 is 0 Å². The second-order valence-corrected chi connectivity index (χ2v) is 5.05. The van der Waals surface area contributed by atoms with E-state index in [-0.39, 0.29) is 19.1 Å². The fourth-order valence-corrected chi connectivity index (χ4v) is 1.89. The molecular formula is C16H24N2O5.